The molecule has 154 valence electrons. The van der Waals surface area contributed by atoms with E-state index in [1.54, 1.807) is 37.3 Å². The summed E-state index contributed by atoms with van der Waals surface area (Å²) in [6, 6.07) is 10.2. The second kappa shape index (κ2) is 8.21. The number of fused-ring (bicyclic) bond motifs is 1. The number of ether oxygens (including phenoxy) is 2. The fraction of sp³-hybridized carbons (Fsp3) is 0.364. The first-order valence-corrected chi connectivity index (χ1v) is 9.49. The molecule has 2 aromatic carbocycles. The van der Waals surface area contributed by atoms with Gasteiger partial charge in [-0.05, 0) is 69.0 Å². The van der Waals surface area contributed by atoms with Crippen molar-refractivity contribution < 1.29 is 23.5 Å². The summed E-state index contributed by atoms with van der Waals surface area (Å²) in [6.45, 7) is 5.27. The van der Waals surface area contributed by atoms with Gasteiger partial charge in [-0.25, -0.2) is 9.18 Å². The number of halogens is 1. The maximum Gasteiger partial charge on any atom is 0.328 e. The monoisotopic (exact) mass is 400 g/mol. The number of amides is 1. The quantitative estimate of drug-likeness (QED) is 0.725. The molecular weight excluding hydrogens is 375 g/mol. The number of carbonyl (C=O) groups is 2. The second-order valence-electron chi connectivity index (χ2n) is 7.79. The zero-order valence-corrected chi connectivity index (χ0v) is 16.7. The predicted molar refractivity (Wildman–Crippen MR) is 107 cm³/mol. The van der Waals surface area contributed by atoms with Crippen molar-refractivity contribution in [3.63, 3.8) is 0 Å². The molecule has 3 N–H and O–H groups in total. The molecule has 29 heavy (non-hydrogen) atoms. The van der Waals surface area contributed by atoms with E-state index in [4.69, 9.17) is 15.2 Å². The van der Waals surface area contributed by atoms with E-state index in [0.29, 0.717) is 29.8 Å². The Morgan fingerprint density at radius 2 is 1.97 bits per heavy atom. The molecular formula is C22H25FN2O4. The molecule has 0 fully saturated rings. The van der Waals surface area contributed by atoms with Crippen molar-refractivity contribution in [3.8, 4) is 5.75 Å². The molecule has 0 radical (unpaired) electrons. The summed E-state index contributed by atoms with van der Waals surface area (Å²) in [6.07, 6.45) is 0.619. The van der Waals surface area contributed by atoms with Crippen molar-refractivity contribution >= 4 is 17.6 Å². The average Bonchev–Trinajstić information content (AvgIpc) is 2.67. The smallest absolute Gasteiger partial charge is 0.328 e. The third kappa shape index (κ3) is 5.12. The number of rotatable bonds is 6. The van der Waals surface area contributed by atoms with Crippen LogP contribution >= 0.6 is 0 Å². The molecule has 6 nitrogen and oxygen atoms in total. The molecule has 1 aliphatic heterocycles. The number of aryl methyl sites for hydroxylation is 1. The molecule has 7 heteroatoms. The molecule has 1 aliphatic rings. The molecule has 3 rings (SSSR count). The van der Waals surface area contributed by atoms with E-state index in [9.17, 15) is 14.0 Å². The number of carbonyl (C=O) groups excluding carboxylic acids is 2. The fourth-order valence-electron chi connectivity index (χ4n) is 3.04. The van der Waals surface area contributed by atoms with Gasteiger partial charge in [-0.1, -0.05) is 18.2 Å². The van der Waals surface area contributed by atoms with Crippen LogP contribution in [-0.2, 0) is 20.7 Å². The molecule has 2 aromatic rings. The molecule has 1 amide bonds. The number of hydrogen-bond donors (Lipinski definition) is 2. The number of esters is 1. The predicted octanol–water partition coefficient (Wildman–Crippen LogP) is 3.50. The van der Waals surface area contributed by atoms with Gasteiger partial charge in [-0.2, -0.15) is 0 Å². The highest BCUT2D eigenvalue weighted by molar-refractivity contribution is 5.97. The Labute approximate surface area is 169 Å². The van der Waals surface area contributed by atoms with Crippen LogP contribution in [0.2, 0.25) is 0 Å². The minimum atomic E-state index is -0.998. The standard InChI is InChI=1S/C22H25FN2O4/c1-13-20(26)25-17-12-15(6-9-18(17)28-13)19(24)21(27)29-22(2,3)11-10-14-4-7-16(23)8-5-14/h4-9,12-13,19H,10-11,24H2,1-3H3,(H,25,26). The van der Waals surface area contributed by atoms with Gasteiger partial charge in [0.05, 0.1) is 5.69 Å². The maximum absolute atomic E-state index is 13.0. The molecule has 0 bridgehead atoms. The maximum atomic E-state index is 13.0. The van der Waals surface area contributed by atoms with E-state index in [1.807, 2.05) is 13.8 Å². The lowest BCUT2D eigenvalue weighted by atomic mass is 9.98. The zero-order valence-electron chi connectivity index (χ0n) is 16.7. The Morgan fingerprint density at radius 1 is 1.28 bits per heavy atom. The van der Waals surface area contributed by atoms with Gasteiger partial charge in [-0.15, -0.1) is 0 Å². The van der Waals surface area contributed by atoms with Crippen LogP contribution in [0, 0.1) is 5.82 Å². The zero-order chi connectivity index (χ0) is 21.2. The summed E-state index contributed by atoms with van der Waals surface area (Å²) in [7, 11) is 0. The van der Waals surface area contributed by atoms with Crippen LogP contribution in [0.1, 0.15) is 44.4 Å². The van der Waals surface area contributed by atoms with Gasteiger partial charge in [0, 0.05) is 0 Å². The third-order valence-electron chi connectivity index (χ3n) is 4.85. The van der Waals surface area contributed by atoms with Crippen LogP contribution in [0.3, 0.4) is 0 Å². The molecule has 0 saturated carbocycles. The van der Waals surface area contributed by atoms with Gasteiger partial charge in [0.25, 0.3) is 5.91 Å². The Kier molecular flexibility index (Phi) is 5.88. The van der Waals surface area contributed by atoms with Crippen molar-refractivity contribution in [2.75, 3.05) is 5.32 Å². The summed E-state index contributed by atoms with van der Waals surface area (Å²) < 4.78 is 24.1. The van der Waals surface area contributed by atoms with Crippen LogP contribution in [0.5, 0.6) is 5.75 Å². The SMILES string of the molecule is CC1Oc2ccc(C(N)C(=O)OC(C)(C)CCc3ccc(F)cc3)cc2NC1=O. The van der Waals surface area contributed by atoms with Crippen LogP contribution in [0.25, 0.3) is 0 Å². The lowest BCUT2D eigenvalue weighted by Gasteiger charge is -2.28. The van der Waals surface area contributed by atoms with Gasteiger partial charge in [0.15, 0.2) is 6.10 Å². The highest BCUT2D eigenvalue weighted by Crippen LogP contribution is 2.32. The third-order valence-corrected chi connectivity index (χ3v) is 4.85. The van der Waals surface area contributed by atoms with Crippen molar-refractivity contribution in [2.24, 2.45) is 5.73 Å². The molecule has 1 heterocycles. The first-order chi connectivity index (χ1) is 13.6. The van der Waals surface area contributed by atoms with E-state index in [-0.39, 0.29) is 11.7 Å². The lowest BCUT2D eigenvalue weighted by Crippen LogP contribution is -2.35. The number of anilines is 1. The first-order valence-electron chi connectivity index (χ1n) is 9.49. The molecule has 0 saturated heterocycles. The highest BCUT2D eigenvalue weighted by atomic mass is 19.1. The van der Waals surface area contributed by atoms with E-state index in [1.165, 1.54) is 12.1 Å². The van der Waals surface area contributed by atoms with E-state index in [0.717, 1.165) is 5.56 Å². The summed E-state index contributed by atoms with van der Waals surface area (Å²) in [4.78, 5) is 24.4. The Morgan fingerprint density at radius 3 is 2.66 bits per heavy atom. The number of nitrogens with two attached hydrogens (primary N) is 1. The Balaban J connectivity index is 1.63. The number of hydrogen-bond acceptors (Lipinski definition) is 5. The second-order valence-corrected chi connectivity index (χ2v) is 7.79. The van der Waals surface area contributed by atoms with Crippen molar-refractivity contribution in [1.29, 1.82) is 0 Å². The van der Waals surface area contributed by atoms with E-state index in [2.05, 4.69) is 5.32 Å². The summed E-state index contributed by atoms with van der Waals surface area (Å²) in [5.41, 5.74) is 7.30. The van der Waals surface area contributed by atoms with Crippen LogP contribution in [0.4, 0.5) is 10.1 Å². The molecule has 2 atom stereocenters. The molecule has 0 aromatic heterocycles. The minimum absolute atomic E-state index is 0.257. The van der Waals surface area contributed by atoms with Gasteiger partial charge in [0.2, 0.25) is 0 Å². The normalized spacial score (nSPS) is 17.0. The lowest BCUT2D eigenvalue weighted by molar-refractivity contribution is -0.158. The van der Waals surface area contributed by atoms with Gasteiger partial charge >= 0.3 is 5.97 Å². The van der Waals surface area contributed by atoms with Crippen molar-refractivity contribution in [2.45, 2.75) is 51.4 Å². The van der Waals surface area contributed by atoms with Crippen LogP contribution in [-0.4, -0.2) is 23.6 Å². The topological polar surface area (TPSA) is 90.7 Å². The van der Waals surface area contributed by atoms with Gasteiger partial charge < -0.3 is 20.5 Å². The number of nitrogens with one attached hydrogen (secondary N) is 1. The number of benzene rings is 2. The first kappa shape index (κ1) is 20.8. The van der Waals surface area contributed by atoms with Crippen LogP contribution < -0.4 is 15.8 Å². The summed E-state index contributed by atoms with van der Waals surface area (Å²) in [5, 5.41) is 2.74. The molecule has 0 aliphatic carbocycles. The minimum Gasteiger partial charge on any atom is -0.479 e. The summed E-state index contributed by atoms with van der Waals surface area (Å²) in [5.74, 6) is -0.578. The van der Waals surface area contributed by atoms with Crippen molar-refractivity contribution in [1.82, 2.24) is 0 Å². The van der Waals surface area contributed by atoms with Crippen molar-refractivity contribution in [3.05, 3.63) is 59.4 Å². The summed E-state index contributed by atoms with van der Waals surface area (Å²) >= 11 is 0. The Hall–Kier alpha value is -2.93. The van der Waals surface area contributed by atoms with Gasteiger partial charge in [0.1, 0.15) is 23.2 Å². The molecule has 2 unspecified atom stereocenters. The highest BCUT2D eigenvalue weighted by Gasteiger charge is 2.29. The Bertz CT molecular complexity index is 912. The average molecular weight is 400 g/mol. The molecule has 0 spiro atoms. The van der Waals surface area contributed by atoms with E-state index < -0.39 is 23.7 Å². The van der Waals surface area contributed by atoms with Crippen LogP contribution in [0.15, 0.2) is 42.5 Å². The van der Waals surface area contributed by atoms with E-state index >= 15 is 0 Å². The van der Waals surface area contributed by atoms with Gasteiger partial charge in [-0.3, -0.25) is 4.79 Å². The fourth-order valence-corrected chi connectivity index (χ4v) is 3.04. The largest absolute Gasteiger partial charge is 0.479 e.